The average molecular weight is 472 g/mol. The van der Waals surface area contributed by atoms with E-state index in [0.29, 0.717) is 6.07 Å². The van der Waals surface area contributed by atoms with E-state index in [9.17, 15) is 49.1 Å². The van der Waals surface area contributed by atoms with E-state index < -0.39 is 65.1 Å². The summed E-state index contributed by atoms with van der Waals surface area (Å²) in [5.41, 5.74) is -0.666. The minimum atomic E-state index is -5.21. The molecule has 0 aliphatic heterocycles. The highest BCUT2D eigenvalue weighted by atomic mass is 19.4. The second kappa shape index (κ2) is 8.71. The predicted molar refractivity (Wildman–Crippen MR) is 92.0 cm³/mol. The third-order valence-electron chi connectivity index (χ3n) is 4.19. The summed E-state index contributed by atoms with van der Waals surface area (Å²) in [7, 11) is 0. The molecule has 32 heavy (non-hydrogen) atoms. The van der Waals surface area contributed by atoms with Gasteiger partial charge in [0.1, 0.15) is 6.04 Å². The molecule has 13 heteroatoms. The van der Waals surface area contributed by atoms with Crippen LogP contribution in [0.4, 0.5) is 39.5 Å². The van der Waals surface area contributed by atoms with Crippen molar-refractivity contribution in [1.82, 2.24) is 5.32 Å². The zero-order valence-corrected chi connectivity index (χ0v) is 15.6. The van der Waals surface area contributed by atoms with Crippen molar-refractivity contribution in [3.05, 3.63) is 70.3 Å². The maximum atomic E-state index is 12.9. The number of hydrogen-bond donors (Lipinski definition) is 2. The summed E-state index contributed by atoms with van der Waals surface area (Å²) in [6.45, 7) is 0. The Morgan fingerprint density at radius 1 is 0.781 bits per heavy atom. The summed E-state index contributed by atoms with van der Waals surface area (Å²) in [4.78, 5) is 23.9. The molecule has 0 heterocycles. The molecule has 0 spiro atoms. The molecule has 2 aromatic carbocycles. The Balaban J connectivity index is 2.35. The lowest BCUT2D eigenvalue weighted by Crippen LogP contribution is -2.46. The molecule has 1 atom stereocenters. The van der Waals surface area contributed by atoms with E-state index in [2.05, 4.69) is 0 Å². The predicted octanol–water partition coefficient (Wildman–Crippen LogP) is 4.57. The van der Waals surface area contributed by atoms with Crippen LogP contribution in [0.25, 0.3) is 0 Å². The van der Waals surface area contributed by atoms with Gasteiger partial charge in [-0.2, -0.15) is 39.5 Å². The number of primary amides is 1. The summed E-state index contributed by atoms with van der Waals surface area (Å²) < 4.78 is 116. The number of nitrogens with two attached hydrogens (primary N) is 1. The first kappa shape index (κ1) is 25.0. The Hall–Kier alpha value is -3.25. The van der Waals surface area contributed by atoms with Crippen LogP contribution in [0.2, 0.25) is 0 Å². The van der Waals surface area contributed by atoms with Crippen LogP contribution in [0.15, 0.2) is 42.5 Å². The van der Waals surface area contributed by atoms with Crippen LogP contribution in [0, 0.1) is 0 Å². The van der Waals surface area contributed by atoms with Crippen LogP contribution >= 0.6 is 0 Å². The number of carbonyl (C=O) groups is 2. The van der Waals surface area contributed by atoms with Gasteiger partial charge in [0.05, 0.1) is 16.7 Å². The molecule has 0 saturated carbocycles. The van der Waals surface area contributed by atoms with Gasteiger partial charge in [0.25, 0.3) is 5.91 Å². The topological polar surface area (TPSA) is 72.2 Å². The molecule has 0 fully saturated rings. The normalized spacial score (nSPS) is 13.5. The van der Waals surface area contributed by atoms with Crippen molar-refractivity contribution in [2.75, 3.05) is 0 Å². The molecule has 174 valence electrons. The number of amides is 2. The Labute approximate surface area is 174 Å². The van der Waals surface area contributed by atoms with Gasteiger partial charge in [0, 0.05) is 12.0 Å². The van der Waals surface area contributed by atoms with E-state index in [4.69, 9.17) is 5.73 Å². The van der Waals surface area contributed by atoms with Gasteiger partial charge >= 0.3 is 18.5 Å². The van der Waals surface area contributed by atoms with Crippen molar-refractivity contribution in [2.45, 2.75) is 31.0 Å². The number of carbonyl (C=O) groups excluding carboxylic acids is 2. The monoisotopic (exact) mass is 472 g/mol. The van der Waals surface area contributed by atoms with E-state index in [1.807, 2.05) is 5.32 Å². The first-order chi connectivity index (χ1) is 14.5. The number of benzene rings is 2. The third-order valence-corrected chi connectivity index (χ3v) is 4.19. The lowest BCUT2D eigenvalue weighted by atomic mass is 10.0. The van der Waals surface area contributed by atoms with Gasteiger partial charge in [-0.1, -0.05) is 18.2 Å². The Kier molecular flexibility index (Phi) is 6.81. The molecule has 0 bridgehead atoms. The summed E-state index contributed by atoms with van der Waals surface area (Å²) in [5.74, 6) is -2.77. The molecule has 2 rings (SSSR count). The third kappa shape index (κ3) is 6.37. The molecule has 2 amide bonds. The second-order valence-corrected chi connectivity index (χ2v) is 6.63. The van der Waals surface area contributed by atoms with Crippen molar-refractivity contribution in [3.63, 3.8) is 0 Å². The van der Waals surface area contributed by atoms with E-state index in [1.54, 1.807) is 0 Å². The fraction of sp³-hybridized carbons (Fsp3) is 0.263. The van der Waals surface area contributed by atoms with Gasteiger partial charge in [-0.05, 0) is 29.8 Å². The van der Waals surface area contributed by atoms with Crippen molar-refractivity contribution in [1.29, 1.82) is 0 Å². The molecule has 0 saturated heterocycles. The Morgan fingerprint density at radius 3 is 1.72 bits per heavy atom. The first-order valence-electron chi connectivity index (χ1n) is 8.54. The highest BCUT2D eigenvalue weighted by Gasteiger charge is 2.38. The Morgan fingerprint density at radius 2 is 1.28 bits per heavy atom. The van der Waals surface area contributed by atoms with Crippen LogP contribution in [0.1, 0.15) is 32.6 Å². The van der Waals surface area contributed by atoms with Crippen LogP contribution < -0.4 is 11.1 Å². The van der Waals surface area contributed by atoms with E-state index in [1.165, 1.54) is 6.07 Å². The number of hydrogen-bond acceptors (Lipinski definition) is 2. The maximum absolute atomic E-state index is 12.9. The van der Waals surface area contributed by atoms with E-state index >= 15 is 0 Å². The van der Waals surface area contributed by atoms with E-state index in [0.717, 1.165) is 12.1 Å². The quantitative estimate of drug-likeness (QED) is 0.626. The van der Waals surface area contributed by atoms with Crippen molar-refractivity contribution >= 4 is 11.8 Å². The van der Waals surface area contributed by atoms with Gasteiger partial charge in [-0.3, -0.25) is 9.59 Å². The fourth-order valence-corrected chi connectivity index (χ4v) is 2.66. The number of alkyl halides is 9. The fourth-order valence-electron chi connectivity index (χ4n) is 2.66. The maximum Gasteiger partial charge on any atom is 0.416 e. The van der Waals surface area contributed by atoms with Crippen molar-refractivity contribution < 1.29 is 49.1 Å². The van der Waals surface area contributed by atoms with Crippen LogP contribution in [-0.2, 0) is 29.7 Å². The standard InChI is InChI=1S/C19H13F9N2O2/c20-17(21,22)11-3-1-2-9(4-11)5-14(15(29)31)30-16(32)10-6-12(18(23,24)25)8-13(7-10)19(26,27)28/h1-4,6-8,14H,5H2,(H2,29,31)(H,30,32)/t14-/m1/s1. The van der Waals surface area contributed by atoms with Crippen LogP contribution in [-0.4, -0.2) is 17.9 Å². The number of nitrogens with one attached hydrogen (secondary N) is 1. The van der Waals surface area contributed by atoms with Gasteiger partial charge in [0.15, 0.2) is 0 Å². The largest absolute Gasteiger partial charge is 0.416 e. The van der Waals surface area contributed by atoms with Gasteiger partial charge < -0.3 is 11.1 Å². The lowest BCUT2D eigenvalue weighted by molar-refractivity contribution is -0.143. The highest BCUT2D eigenvalue weighted by Crippen LogP contribution is 2.36. The zero-order valence-electron chi connectivity index (χ0n) is 15.6. The number of halogens is 9. The molecular formula is C19H13F9N2O2. The van der Waals surface area contributed by atoms with Gasteiger partial charge in [-0.25, -0.2) is 0 Å². The summed E-state index contributed by atoms with van der Waals surface area (Å²) >= 11 is 0. The molecule has 0 radical (unpaired) electrons. The average Bonchev–Trinajstić information content (AvgIpc) is 2.65. The van der Waals surface area contributed by atoms with Gasteiger partial charge in [0.2, 0.25) is 5.91 Å². The second-order valence-electron chi connectivity index (χ2n) is 6.63. The van der Waals surface area contributed by atoms with E-state index in [-0.39, 0.29) is 23.8 Å². The summed E-state index contributed by atoms with van der Waals surface area (Å²) in [5, 5.41) is 1.87. The van der Waals surface area contributed by atoms with Crippen molar-refractivity contribution in [2.24, 2.45) is 5.73 Å². The molecule has 3 N–H and O–H groups in total. The SMILES string of the molecule is NC(=O)[C@@H](Cc1cccc(C(F)(F)F)c1)NC(=O)c1cc(C(F)(F)F)cc(C(F)(F)F)c1. The molecular weight excluding hydrogens is 459 g/mol. The van der Waals surface area contributed by atoms with Gasteiger partial charge in [-0.15, -0.1) is 0 Å². The molecule has 0 aliphatic carbocycles. The molecule has 4 nitrogen and oxygen atoms in total. The summed E-state index contributed by atoms with van der Waals surface area (Å²) in [6.07, 6.45) is -15.7. The zero-order chi connectivity index (χ0) is 24.5. The molecule has 2 aromatic rings. The first-order valence-corrected chi connectivity index (χ1v) is 8.54. The van der Waals surface area contributed by atoms with Crippen LogP contribution in [0.3, 0.4) is 0 Å². The van der Waals surface area contributed by atoms with Crippen LogP contribution in [0.5, 0.6) is 0 Å². The highest BCUT2D eigenvalue weighted by molar-refractivity contribution is 5.97. The minimum Gasteiger partial charge on any atom is -0.368 e. The lowest BCUT2D eigenvalue weighted by Gasteiger charge is -2.18. The summed E-state index contributed by atoms with van der Waals surface area (Å²) in [6, 6.07) is 1.97. The molecule has 0 aromatic heterocycles. The van der Waals surface area contributed by atoms with Crippen molar-refractivity contribution in [3.8, 4) is 0 Å². The Bertz CT molecular complexity index is 979. The number of rotatable bonds is 5. The molecule has 0 aliphatic rings. The minimum absolute atomic E-state index is 0.107. The smallest absolute Gasteiger partial charge is 0.368 e. The molecule has 0 unspecified atom stereocenters.